The lowest BCUT2D eigenvalue weighted by Crippen LogP contribution is -2.64. The van der Waals surface area contributed by atoms with Crippen LogP contribution in [0.3, 0.4) is 0 Å². The average molecular weight is 346 g/mol. The molecule has 1 aliphatic rings. The number of fused-ring (bicyclic) bond motifs is 1. The zero-order chi connectivity index (χ0) is 15.8. The van der Waals surface area contributed by atoms with Crippen LogP contribution in [0.25, 0.3) is 0 Å². The van der Waals surface area contributed by atoms with E-state index in [0.717, 1.165) is 12.1 Å². The Kier molecular flexibility index (Phi) is 4.03. The number of carbonyl (C=O) groups is 1. The summed E-state index contributed by atoms with van der Waals surface area (Å²) < 4.78 is 53.4. The van der Waals surface area contributed by atoms with E-state index in [1.54, 1.807) is 0 Å². The minimum Gasteiger partial charge on any atom is -0.450 e. The van der Waals surface area contributed by atoms with Gasteiger partial charge in [-0.1, -0.05) is 23.2 Å². The smallest absolute Gasteiger partial charge is 0.450 e. The maximum absolute atomic E-state index is 13.2. The molecule has 1 amide bonds. The van der Waals surface area contributed by atoms with Gasteiger partial charge in [0, 0.05) is 12.1 Å². The summed E-state index contributed by atoms with van der Waals surface area (Å²) in [6, 6.07) is 2.11. The number of amides is 1. The Morgan fingerprint density at radius 2 is 1.76 bits per heavy atom. The molecule has 1 aliphatic heterocycles. The van der Waals surface area contributed by atoms with Crippen molar-refractivity contribution in [1.29, 1.82) is 0 Å². The predicted octanol–water partition coefficient (Wildman–Crippen LogP) is 3.73. The van der Waals surface area contributed by atoms with E-state index in [1.807, 2.05) is 0 Å². The molecule has 116 valence electrons. The molecule has 0 saturated heterocycles. The van der Waals surface area contributed by atoms with E-state index in [9.17, 15) is 18.0 Å². The van der Waals surface area contributed by atoms with E-state index >= 15 is 0 Å². The fourth-order valence-electron chi connectivity index (χ4n) is 1.54. The van der Waals surface area contributed by atoms with E-state index in [4.69, 9.17) is 32.7 Å². The molecule has 0 spiro atoms. The maximum Gasteiger partial charge on any atom is 0.492 e. The summed E-state index contributed by atoms with van der Waals surface area (Å²) in [4.78, 5) is 11.3. The summed E-state index contributed by atoms with van der Waals surface area (Å²) in [5.74, 6) is -4.01. The maximum atomic E-state index is 13.2. The van der Waals surface area contributed by atoms with Crippen LogP contribution in [0.2, 0.25) is 10.0 Å². The standard InChI is InChI=1S/C11H8Cl2F3NO4/c1-2-19-9(18)17-11(10(14,15)16)20-7-3-5(12)6(13)4-8(7)21-11/h3-4H,2H2,1H3,(H,17,18). The first kappa shape index (κ1) is 15.8. The van der Waals surface area contributed by atoms with Crippen LogP contribution in [-0.2, 0) is 4.74 Å². The lowest BCUT2D eigenvalue weighted by atomic mass is 10.3. The van der Waals surface area contributed by atoms with Crippen molar-refractivity contribution >= 4 is 29.3 Å². The van der Waals surface area contributed by atoms with E-state index in [2.05, 4.69) is 4.74 Å². The molecular weight excluding hydrogens is 338 g/mol. The van der Waals surface area contributed by atoms with Gasteiger partial charge < -0.3 is 14.2 Å². The number of ether oxygens (including phenoxy) is 3. The van der Waals surface area contributed by atoms with Crippen molar-refractivity contribution in [2.45, 2.75) is 19.0 Å². The summed E-state index contributed by atoms with van der Waals surface area (Å²) >= 11 is 11.4. The molecule has 5 nitrogen and oxygen atoms in total. The minimum atomic E-state index is -5.07. The van der Waals surface area contributed by atoms with Gasteiger partial charge in [0.2, 0.25) is 0 Å². The Balaban J connectivity index is 2.36. The number of halogens is 5. The number of hydrogen-bond acceptors (Lipinski definition) is 4. The lowest BCUT2D eigenvalue weighted by molar-refractivity contribution is -0.318. The van der Waals surface area contributed by atoms with Crippen molar-refractivity contribution < 1.29 is 32.2 Å². The molecule has 0 unspecified atom stereocenters. The zero-order valence-electron chi connectivity index (χ0n) is 10.4. The predicted molar refractivity (Wildman–Crippen MR) is 66.7 cm³/mol. The molecule has 1 aromatic rings. The molecule has 21 heavy (non-hydrogen) atoms. The topological polar surface area (TPSA) is 56.8 Å². The lowest BCUT2D eigenvalue weighted by Gasteiger charge is -2.29. The molecule has 0 saturated carbocycles. The van der Waals surface area contributed by atoms with E-state index in [1.165, 1.54) is 12.2 Å². The molecule has 0 aromatic heterocycles. The Morgan fingerprint density at radius 3 is 2.14 bits per heavy atom. The highest BCUT2D eigenvalue weighted by Gasteiger charge is 2.66. The highest BCUT2D eigenvalue weighted by molar-refractivity contribution is 6.42. The molecular formula is C11H8Cl2F3NO4. The third-order valence-corrected chi connectivity index (χ3v) is 3.13. The Hall–Kier alpha value is -1.54. The van der Waals surface area contributed by atoms with Gasteiger partial charge >= 0.3 is 18.2 Å². The molecule has 1 aromatic carbocycles. The van der Waals surface area contributed by atoms with Gasteiger partial charge in [-0.15, -0.1) is 0 Å². The van der Waals surface area contributed by atoms with Crippen LogP contribution in [0, 0.1) is 0 Å². The zero-order valence-corrected chi connectivity index (χ0v) is 11.9. The van der Waals surface area contributed by atoms with Gasteiger partial charge in [-0.05, 0) is 6.92 Å². The average Bonchev–Trinajstić information content (AvgIpc) is 2.68. The molecule has 0 aliphatic carbocycles. The first-order valence-corrected chi connectivity index (χ1v) is 6.33. The summed E-state index contributed by atoms with van der Waals surface area (Å²) in [6.07, 6.45) is -6.42. The number of alkyl halides is 3. The number of benzene rings is 1. The molecule has 0 radical (unpaired) electrons. The van der Waals surface area contributed by atoms with Crippen molar-refractivity contribution in [3.63, 3.8) is 0 Å². The Labute approximate surface area is 126 Å². The van der Waals surface area contributed by atoms with Crippen molar-refractivity contribution in [2.24, 2.45) is 0 Å². The largest absolute Gasteiger partial charge is 0.492 e. The fraction of sp³-hybridized carbons (Fsp3) is 0.364. The van der Waals surface area contributed by atoms with Crippen molar-refractivity contribution in [3.8, 4) is 11.5 Å². The summed E-state index contributed by atoms with van der Waals surface area (Å²) in [5, 5.41) is 1.46. The van der Waals surface area contributed by atoms with Crippen LogP contribution in [0.1, 0.15) is 6.92 Å². The van der Waals surface area contributed by atoms with Crippen LogP contribution in [0.4, 0.5) is 18.0 Å². The number of nitrogens with one attached hydrogen (secondary N) is 1. The van der Waals surface area contributed by atoms with Gasteiger partial charge in [-0.3, -0.25) is 0 Å². The SMILES string of the molecule is CCOC(=O)NC1(C(F)(F)F)Oc2cc(Cl)c(Cl)cc2O1. The van der Waals surface area contributed by atoms with Crippen LogP contribution in [0.5, 0.6) is 11.5 Å². The third kappa shape index (κ3) is 2.91. The Morgan fingerprint density at radius 1 is 1.29 bits per heavy atom. The van der Waals surface area contributed by atoms with Gasteiger partial charge in [0.25, 0.3) is 0 Å². The van der Waals surface area contributed by atoms with Gasteiger partial charge in [-0.25, -0.2) is 10.1 Å². The van der Waals surface area contributed by atoms with E-state index in [0.29, 0.717) is 0 Å². The highest BCUT2D eigenvalue weighted by atomic mass is 35.5. The fourth-order valence-corrected chi connectivity index (χ4v) is 1.85. The quantitative estimate of drug-likeness (QED) is 0.887. The van der Waals surface area contributed by atoms with Gasteiger partial charge in [0.05, 0.1) is 16.7 Å². The molecule has 1 N–H and O–H groups in total. The second-order valence-electron chi connectivity index (χ2n) is 3.88. The molecule has 10 heteroatoms. The highest BCUT2D eigenvalue weighted by Crippen LogP contribution is 2.47. The van der Waals surface area contributed by atoms with Crippen LogP contribution >= 0.6 is 23.2 Å². The van der Waals surface area contributed by atoms with Crippen LogP contribution in [-0.4, -0.2) is 24.8 Å². The van der Waals surface area contributed by atoms with E-state index in [-0.39, 0.29) is 28.2 Å². The summed E-state index contributed by atoms with van der Waals surface area (Å²) in [6.45, 7) is 1.31. The molecule has 1 heterocycles. The number of alkyl carbamates (subject to hydrolysis) is 1. The minimum absolute atomic E-state index is 0.0203. The first-order chi connectivity index (χ1) is 9.68. The first-order valence-electron chi connectivity index (χ1n) is 5.57. The van der Waals surface area contributed by atoms with Crippen molar-refractivity contribution in [3.05, 3.63) is 22.2 Å². The normalized spacial score (nSPS) is 15.7. The van der Waals surface area contributed by atoms with Crippen LogP contribution < -0.4 is 14.8 Å². The van der Waals surface area contributed by atoms with Gasteiger partial charge in [0.1, 0.15) is 0 Å². The number of hydrogen-bond donors (Lipinski definition) is 1. The molecule has 0 fully saturated rings. The molecule has 2 rings (SSSR count). The van der Waals surface area contributed by atoms with E-state index < -0.39 is 18.2 Å². The number of carbonyl (C=O) groups excluding carboxylic acids is 1. The van der Waals surface area contributed by atoms with Gasteiger partial charge in [-0.2, -0.15) is 13.2 Å². The summed E-state index contributed by atoms with van der Waals surface area (Å²) in [7, 11) is 0. The third-order valence-electron chi connectivity index (χ3n) is 2.41. The van der Waals surface area contributed by atoms with Crippen LogP contribution in [0.15, 0.2) is 12.1 Å². The van der Waals surface area contributed by atoms with Crippen molar-refractivity contribution in [2.75, 3.05) is 6.61 Å². The summed E-state index contributed by atoms with van der Waals surface area (Å²) in [5.41, 5.74) is 0. The Bertz CT molecular complexity index is 548. The number of rotatable bonds is 2. The van der Waals surface area contributed by atoms with Crippen molar-refractivity contribution in [1.82, 2.24) is 5.32 Å². The van der Waals surface area contributed by atoms with Gasteiger partial charge in [0.15, 0.2) is 11.5 Å². The second-order valence-corrected chi connectivity index (χ2v) is 4.69. The second kappa shape index (κ2) is 5.34. The molecule has 0 atom stereocenters. The molecule has 0 bridgehead atoms. The monoisotopic (exact) mass is 345 g/mol.